The van der Waals surface area contributed by atoms with Gasteiger partial charge in [0.15, 0.2) is 0 Å². The molecule has 2 aromatic rings. The largest absolute Gasteiger partial charge is 0.286 e. The van der Waals surface area contributed by atoms with Gasteiger partial charge in [0.2, 0.25) is 5.78 Å². The minimum absolute atomic E-state index is 0.0196. The van der Waals surface area contributed by atoms with Gasteiger partial charge in [-0.2, -0.15) is 0 Å². The first-order valence-corrected chi connectivity index (χ1v) is 5.58. The van der Waals surface area contributed by atoms with Gasteiger partial charge in [-0.15, -0.1) is 11.3 Å². The summed E-state index contributed by atoms with van der Waals surface area (Å²) in [6, 6.07) is 5.63. The Balaban J connectivity index is 2.47. The lowest BCUT2D eigenvalue weighted by atomic mass is 10.1. The molecule has 3 heteroatoms. The van der Waals surface area contributed by atoms with Crippen LogP contribution in [-0.2, 0) is 0 Å². The first-order valence-electron chi connectivity index (χ1n) is 4.70. The maximum absolute atomic E-state index is 12.0. The molecule has 0 saturated carbocycles. The van der Waals surface area contributed by atoms with E-state index in [9.17, 15) is 4.79 Å². The second-order valence-electron chi connectivity index (χ2n) is 3.41. The molecule has 0 bridgehead atoms. The number of aromatic nitrogens is 1. The average molecular weight is 217 g/mol. The van der Waals surface area contributed by atoms with E-state index in [1.807, 2.05) is 37.4 Å². The van der Waals surface area contributed by atoms with E-state index >= 15 is 0 Å². The highest BCUT2D eigenvalue weighted by atomic mass is 32.1. The molecule has 0 radical (unpaired) electrons. The smallest absolute Gasteiger partial charge is 0.221 e. The predicted molar refractivity (Wildman–Crippen MR) is 61.5 cm³/mol. The van der Waals surface area contributed by atoms with Crippen molar-refractivity contribution < 1.29 is 4.79 Å². The van der Waals surface area contributed by atoms with Crippen molar-refractivity contribution in [2.45, 2.75) is 13.8 Å². The molecule has 2 aromatic heterocycles. The first-order chi connectivity index (χ1) is 7.20. The molecule has 0 unspecified atom stereocenters. The molecular formula is C12H11NOS. The van der Waals surface area contributed by atoms with Gasteiger partial charge in [0, 0.05) is 6.20 Å². The Kier molecular flexibility index (Phi) is 2.64. The second-order valence-corrected chi connectivity index (χ2v) is 4.36. The van der Waals surface area contributed by atoms with Crippen molar-refractivity contribution in [3.8, 4) is 0 Å². The van der Waals surface area contributed by atoms with E-state index < -0.39 is 0 Å². The number of aryl methyl sites for hydroxylation is 1. The lowest BCUT2D eigenvalue weighted by Gasteiger charge is -2.04. The van der Waals surface area contributed by atoms with E-state index in [0.29, 0.717) is 5.69 Å². The third-order valence-corrected chi connectivity index (χ3v) is 3.30. The minimum atomic E-state index is 0.0196. The average Bonchev–Trinajstić information content (AvgIpc) is 2.74. The van der Waals surface area contributed by atoms with Crippen LogP contribution in [0.4, 0.5) is 0 Å². The maximum Gasteiger partial charge on any atom is 0.221 e. The van der Waals surface area contributed by atoms with E-state index in [2.05, 4.69) is 4.98 Å². The van der Waals surface area contributed by atoms with Crippen LogP contribution in [-0.4, -0.2) is 10.8 Å². The number of nitrogens with zero attached hydrogens (tertiary/aromatic N) is 1. The summed E-state index contributed by atoms with van der Waals surface area (Å²) in [5.41, 5.74) is 2.64. The highest BCUT2D eigenvalue weighted by Gasteiger charge is 2.14. The zero-order valence-corrected chi connectivity index (χ0v) is 9.47. The van der Waals surface area contributed by atoms with Gasteiger partial charge < -0.3 is 0 Å². The highest BCUT2D eigenvalue weighted by molar-refractivity contribution is 7.12. The van der Waals surface area contributed by atoms with Crippen molar-refractivity contribution in [3.05, 3.63) is 51.5 Å². The third-order valence-electron chi connectivity index (χ3n) is 2.43. The van der Waals surface area contributed by atoms with Crippen molar-refractivity contribution in [3.63, 3.8) is 0 Å². The summed E-state index contributed by atoms with van der Waals surface area (Å²) in [5, 5.41) is 1.90. The standard InChI is InChI=1S/C12H11NOS/c1-8-5-6-13-11(9(8)2)12(14)10-4-3-7-15-10/h3-7H,1-2H3. The molecule has 15 heavy (non-hydrogen) atoms. The number of carbonyl (C=O) groups excluding carboxylic acids is 1. The van der Waals surface area contributed by atoms with Crippen LogP contribution in [0.25, 0.3) is 0 Å². The summed E-state index contributed by atoms with van der Waals surface area (Å²) < 4.78 is 0. The van der Waals surface area contributed by atoms with Gasteiger partial charge in [-0.25, -0.2) is 0 Å². The van der Waals surface area contributed by atoms with Gasteiger partial charge in [0.25, 0.3) is 0 Å². The molecule has 0 amide bonds. The van der Waals surface area contributed by atoms with Crippen molar-refractivity contribution in [2.24, 2.45) is 0 Å². The van der Waals surface area contributed by atoms with Crippen LogP contribution in [0.1, 0.15) is 26.5 Å². The Morgan fingerprint density at radius 3 is 2.80 bits per heavy atom. The lowest BCUT2D eigenvalue weighted by Crippen LogP contribution is -2.05. The van der Waals surface area contributed by atoms with Crippen molar-refractivity contribution in [2.75, 3.05) is 0 Å². The summed E-state index contributed by atoms with van der Waals surface area (Å²) in [6.07, 6.45) is 1.68. The predicted octanol–water partition coefficient (Wildman–Crippen LogP) is 2.99. The molecule has 2 rings (SSSR count). The van der Waals surface area contributed by atoms with Crippen LogP contribution in [0.5, 0.6) is 0 Å². The third kappa shape index (κ3) is 1.83. The van der Waals surface area contributed by atoms with Crippen molar-refractivity contribution in [1.29, 1.82) is 0 Å². The first kappa shape index (κ1) is 10.1. The number of hydrogen-bond donors (Lipinski definition) is 0. The summed E-state index contributed by atoms with van der Waals surface area (Å²) >= 11 is 1.45. The fourth-order valence-electron chi connectivity index (χ4n) is 1.39. The van der Waals surface area contributed by atoms with Crippen LogP contribution in [0.2, 0.25) is 0 Å². The lowest BCUT2D eigenvalue weighted by molar-refractivity contribution is 0.103. The fraction of sp³-hybridized carbons (Fsp3) is 0.167. The molecule has 0 aliphatic rings. The van der Waals surface area contributed by atoms with Gasteiger partial charge in [0.05, 0.1) is 4.88 Å². The Labute approximate surface area is 92.6 Å². The molecule has 0 aromatic carbocycles. The summed E-state index contributed by atoms with van der Waals surface area (Å²) in [6.45, 7) is 3.92. The van der Waals surface area contributed by atoms with Gasteiger partial charge in [0.1, 0.15) is 5.69 Å². The van der Waals surface area contributed by atoms with Crippen LogP contribution in [0.3, 0.4) is 0 Å². The molecule has 0 fully saturated rings. The number of hydrogen-bond acceptors (Lipinski definition) is 3. The fourth-order valence-corrected chi connectivity index (χ4v) is 2.05. The number of pyridine rings is 1. The van der Waals surface area contributed by atoms with E-state index in [0.717, 1.165) is 16.0 Å². The van der Waals surface area contributed by atoms with Crippen molar-refractivity contribution >= 4 is 17.1 Å². The number of thiophene rings is 1. The Morgan fingerprint density at radius 1 is 1.33 bits per heavy atom. The van der Waals surface area contributed by atoms with Gasteiger partial charge in [-0.05, 0) is 42.5 Å². The summed E-state index contributed by atoms with van der Waals surface area (Å²) in [7, 11) is 0. The summed E-state index contributed by atoms with van der Waals surface area (Å²) in [5.74, 6) is 0.0196. The molecule has 76 valence electrons. The van der Waals surface area contributed by atoms with Crippen molar-refractivity contribution in [1.82, 2.24) is 4.98 Å². The molecule has 2 nitrogen and oxygen atoms in total. The Morgan fingerprint density at radius 2 is 2.13 bits per heavy atom. The molecule has 0 atom stereocenters. The summed E-state index contributed by atoms with van der Waals surface area (Å²) in [4.78, 5) is 16.9. The number of carbonyl (C=O) groups is 1. The molecule has 0 aliphatic carbocycles. The van der Waals surface area contributed by atoms with Gasteiger partial charge in [-0.1, -0.05) is 6.07 Å². The number of ketones is 1. The quantitative estimate of drug-likeness (QED) is 0.724. The maximum atomic E-state index is 12.0. The van der Waals surface area contributed by atoms with E-state index in [1.54, 1.807) is 6.20 Å². The topological polar surface area (TPSA) is 30.0 Å². The monoisotopic (exact) mass is 217 g/mol. The molecule has 2 heterocycles. The molecular weight excluding hydrogens is 206 g/mol. The highest BCUT2D eigenvalue weighted by Crippen LogP contribution is 2.17. The van der Waals surface area contributed by atoms with E-state index in [4.69, 9.17) is 0 Å². The normalized spacial score (nSPS) is 10.3. The molecule has 0 saturated heterocycles. The molecule has 0 aliphatic heterocycles. The Hall–Kier alpha value is -1.48. The van der Waals surface area contributed by atoms with E-state index in [-0.39, 0.29) is 5.78 Å². The molecule has 0 spiro atoms. The van der Waals surface area contributed by atoms with E-state index in [1.165, 1.54) is 11.3 Å². The van der Waals surface area contributed by atoms with Crippen LogP contribution < -0.4 is 0 Å². The van der Waals surface area contributed by atoms with Crippen LogP contribution in [0, 0.1) is 13.8 Å². The minimum Gasteiger partial charge on any atom is -0.286 e. The molecule has 0 N–H and O–H groups in total. The SMILES string of the molecule is Cc1ccnc(C(=O)c2cccs2)c1C. The van der Waals surface area contributed by atoms with Gasteiger partial charge >= 0.3 is 0 Å². The number of rotatable bonds is 2. The van der Waals surface area contributed by atoms with Crippen LogP contribution in [0.15, 0.2) is 29.8 Å². The Bertz CT molecular complexity index is 488. The van der Waals surface area contributed by atoms with Crippen LogP contribution >= 0.6 is 11.3 Å². The van der Waals surface area contributed by atoms with Gasteiger partial charge in [-0.3, -0.25) is 9.78 Å². The zero-order chi connectivity index (χ0) is 10.8. The zero-order valence-electron chi connectivity index (χ0n) is 8.65. The second kappa shape index (κ2) is 3.95.